The summed E-state index contributed by atoms with van der Waals surface area (Å²) in [4.78, 5) is 10.4. The highest BCUT2D eigenvalue weighted by atomic mass is 32.2. The Morgan fingerprint density at radius 3 is 2.74 bits per heavy atom. The number of pyridine rings is 1. The lowest BCUT2D eigenvalue weighted by Gasteiger charge is -2.39. The number of methoxy groups -OCH3 is 1. The lowest BCUT2D eigenvalue weighted by Crippen LogP contribution is -2.57. The first kappa shape index (κ1) is 17.5. The molecule has 8 heteroatoms. The average molecular weight is 340 g/mol. The number of rotatable bonds is 3. The summed E-state index contributed by atoms with van der Waals surface area (Å²) in [6.45, 7) is 4.96. The summed E-state index contributed by atoms with van der Waals surface area (Å²) in [7, 11) is 0.218. The fourth-order valence-electron chi connectivity index (χ4n) is 2.47. The van der Waals surface area contributed by atoms with Gasteiger partial charge in [0, 0.05) is 38.9 Å². The molecule has 0 unspecified atom stereocenters. The summed E-state index contributed by atoms with van der Waals surface area (Å²) < 4.78 is 28.4. The molecule has 1 aromatic rings. The Bertz CT molecular complexity index is 668. The van der Waals surface area contributed by atoms with Crippen LogP contribution in [-0.2, 0) is 16.4 Å². The summed E-state index contributed by atoms with van der Waals surface area (Å²) in [6, 6.07) is 3.73. The minimum absolute atomic E-state index is 0.144. The number of sulfone groups is 1. The van der Waals surface area contributed by atoms with E-state index < -0.39 is 14.6 Å². The molecule has 7 nitrogen and oxygen atoms in total. The van der Waals surface area contributed by atoms with Crippen molar-refractivity contribution >= 4 is 15.8 Å². The highest BCUT2D eigenvalue weighted by Crippen LogP contribution is 2.23. The molecule has 1 aliphatic rings. The van der Waals surface area contributed by atoms with Crippen LogP contribution < -0.4 is 10.1 Å². The lowest BCUT2D eigenvalue weighted by atomic mass is 10.2. The highest BCUT2D eigenvalue weighted by Gasteiger charge is 2.40. The molecule has 0 radical (unpaired) electrons. The maximum absolute atomic E-state index is 12.1. The van der Waals surface area contributed by atoms with E-state index in [0.717, 1.165) is 5.56 Å². The first-order valence-electron chi connectivity index (χ1n) is 7.46. The highest BCUT2D eigenvalue weighted by molar-refractivity contribution is 7.92. The zero-order valence-electron chi connectivity index (χ0n) is 14.0. The molecule has 1 N–H and O–H groups in total. The molecule has 1 fully saturated rings. The first-order chi connectivity index (χ1) is 10.8. The van der Waals surface area contributed by atoms with Crippen LogP contribution in [0.4, 0.5) is 0 Å². The molecule has 2 rings (SSSR count). The van der Waals surface area contributed by atoms with Crippen LogP contribution >= 0.6 is 0 Å². The van der Waals surface area contributed by atoms with Crippen LogP contribution in [0.1, 0.15) is 19.4 Å². The third-order valence-electron chi connectivity index (χ3n) is 4.01. The van der Waals surface area contributed by atoms with Crippen molar-refractivity contribution < 1.29 is 13.2 Å². The number of aliphatic imine (C=N–C) groups is 1. The van der Waals surface area contributed by atoms with Crippen molar-refractivity contribution in [2.24, 2.45) is 4.99 Å². The van der Waals surface area contributed by atoms with E-state index in [1.807, 2.05) is 11.0 Å². The van der Waals surface area contributed by atoms with Crippen LogP contribution in [0.15, 0.2) is 23.3 Å². The van der Waals surface area contributed by atoms with Crippen molar-refractivity contribution in [2.75, 3.05) is 33.0 Å². The summed E-state index contributed by atoms with van der Waals surface area (Å²) in [5.41, 5.74) is 0.996. The zero-order chi connectivity index (χ0) is 17.1. The van der Waals surface area contributed by atoms with Gasteiger partial charge in [-0.25, -0.2) is 13.4 Å². The van der Waals surface area contributed by atoms with Crippen LogP contribution in [-0.4, -0.2) is 62.0 Å². The van der Waals surface area contributed by atoms with Crippen LogP contribution in [0, 0.1) is 0 Å². The minimum atomic E-state index is -3.06. The molecule has 0 saturated carbocycles. The molecule has 1 aromatic heterocycles. The third kappa shape index (κ3) is 3.93. The van der Waals surface area contributed by atoms with Gasteiger partial charge in [-0.2, -0.15) is 0 Å². The van der Waals surface area contributed by atoms with Gasteiger partial charge in [0.1, 0.15) is 0 Å². The predicted octanol–water partition coefficient (Wildman–Crippen LogP) is 0.675. The summed E-state index contributed by atoms with van der Waals surface area (Å²) in [5.74, 6) is 1.41. The Morgan fingerprint density at radius 2 is 2.22 bits per heavy atom. The van der Waals surface area contributed by atoms with E-state index in [0.29, 0.717) is 31.5 Å². The van der Waals surface area contributed by atoms with E-state index in [1.165, 1.54) is 0 Å². The van der Waals surface area contributed by atoms with Gasteiger partial charge in [-0.3, -0.25) is 4.99 Å². The monoisotopic (exact) mass is 340 g/mol. The number of aromatic nitrogens is 1. The fraction of sp³-hybridized carbons (Fsp3) is 0.600. The van der Waals surface area contributed by atoms with Gasteiger partial charge >= 0.3 is 0 Å². The van der Waals surface area contributed by atoms with Gasteiger partial charge in [0.15, 0.2) is 15.8 Å². The van der Waals surface area contributed by atoms with Crippen LogP contribution in [0.2, 0.25) is 0 Å². The molecule has 0 bridgehead atoms. The molecule has 0 aromatic carbocycles. The third-order valence-corrected chi connectivity index (χ3v) is 6.55. The standard InChI is InChI=1S/C15H24N4O3S/c1-15(2)11-19(7-8-23(15,20)21)14(16-3)18-10-12-5-6-13(22-4)17-9-12/h5-6,9H,7-8,10-11H2,1-4H3,(H,16,18). The summed E-state index contributed by atoms with van der Waals surface area (Å²) in [5, 5.41) is 3.26. The van der Waals surface area contributed by atoms with E-state index in [-0.39, 0.29) is 5.75 Å². The Kier molecular flexibility index (Phi) is 5.13. The number of ether oxygens (including phenoxy) is 1. The second-order valence-corrected chi connectivity index (χ2v) is 8.85. The van der Waals surface area contributed by atoms with Crippen molar-refractivity contribution in [3.63, 3.8) is 0 Å². The maximum atomic E-state index is 12.1. The molecular formula is C15H24N4O3S. The second-order valence-electron chi connectivity index (χ2n) is 6.11. The quantitative estimate of drug-likeness (QED) is 0.643. The van der Waals surface area contributed by atoms with Gasteiger partial charge in [0.05, 0.1) is 17.6 Å². The van der Waals surface area contributed by atoms with Crippen molar-refractivity contribution in [1.29, 1.82) is 0 Å². The lowest BCUT2D eigenvalue weighted by molar-refractivity contribution is 0.353. The van der Waals surface area contributed by atoms with Gasteiger partial charge in [0.2, 0.25) is 5.88 Å². The normalized spacial score (nSPS) is 20.2. The number of hydrogen-bond acceptors (Lipinski definition) is 5. The molecule has 128 valence electrons. The number of guanidine groups is 1. The Labute approximate surface area is 137 Å². The molecule has 1 saturated heterocycles. The van der Waals surface area contributed by atoms with Crippen molar-refractivity contribution in [3.05, 3.63) is 23.9 Å². The van der Waals surface area contributed by atoms with Crippen LogP contribution in [0.3, 0.4) is 0 Å². The van der Waals surface area contributed by atoms with E-state index in [4.69, 9.17) is 4.74 Å². The SMILES string of the molecule is CN=C(NCc1ccc(OC)nc1)N1CCS(=O)(=O)C(C)(C)C1. The fourth-order valence-corrected chi connectivity index (χ4v) is 3.84. The van der Waals surface area contributed by atoms with E-state index in [1.54, 1.807) is 40.3 Å². The van der Waals surface area contributed by atoms with Crippen LogP contribution in [0.5, 0.6) is 5.88 Å². The van der Waals surface area contributed by atoms with Crippen molar-refractivity contribution in [3.8, 4) is 5.88 Å². The topological polar surface area (TPSA) is 83.9 Å². The minimum Gasteiger partial charge on any atom is -0.481 e. The summed E-state index contributed by atoms with van der Waals surface area (Å²) >= 11 is 0. The molecule has 1 aliphatic heterocycles. The van der Waals surface area contributed by atoms with Crippen molar-refractivity contribution in [1.82, 2.24) is 15.2 Å². The Morgan fingerprint density at radius 1 is 1.48 bits per heavy atom. The van der Waals surface area contributed by atoms with Gasteiger partial charge in [-0.05, 0) is 19.4 Å². The predicted molar refractivity (Wildman–Crippen MR) is 90.4 cm³/mol. The van der Waals surface area contributed by atoms with Gasteiger partial charge < -0.3 is 15.0 Å². The maximum Gasteiger partial charge on any atom is 0.212 e. The van der Waals surface area contributed by atoms with Crippen LogP contribution in [0.25, 0.3) is 0 Å². The Hall–Kier alpha value is -1.83. The first-order valence-corrected chi connectivity index (χ1v) is 9.11. The number of hydrogen-bond donors (Lipinski definition) is 1. The molecule has 0 spiro atoms. The van der Waals surface area contributed by atoms with E-state index >= 15 is 0 Å². The van der Waals surface area contributed by atoms with Gasteiger partial charge in [0.25, 0.3) is 0 Å². The number of nitrogens with zero attached hydrogens (tertiary/aromatic N) is 3. The van der Waals surface area contributed by atoms with E-state index in [9.17, 15) is 8.42 Å². The molecule has 2 heterocycles. The van der Waals surface area contributed by atoms with Crippen molar-refractivity contribution in [2.45, 2.75) is 25.1 Å². The smallest absolute Gasteiger partial charge is 0.212 e. The average Bonchev–Trinajstić information content (AvgIpc) is 2.52. The summed E-state index contributed by atoms with van der Waals surface area (Å²) in [6.07, 6.45) is 1.74. The Balaban J connectivity index is 2.00. The largest absolute Gasteiger partial charge is 0.481 e. The second kappa shape index (κ2) is 6.74. The molecule has 0 aliphatic carbocycles. The number of nitrogens with one attached hydrogen (secondary N) is 1. The zero-order valence-corrected chi connectivity index (χ0v) is 14.9. The molecular weight excluding hydrogens is 316 g/mol. The van der Waals surface area contributed by atoms with E-state index in [2.05, 4.69) is 15.3 Å². The van der Waals surface area contributed by atoms with Gasteiger partial charge in [-0.15, -0.1) is 0 Å². The van der Waals surface area contributed by atoms with Gasteiger partial charge in [-0.1, -0.05) is 6.07 Å². The molecule has 23 heavy (non-hydrogen) atoms. The molecule has 0 atom stereocenters. The molecule has 0 amide bonds.